The van der Waals surface area contributed by atoms with Crippen molar-refractivity contribution in [3.63, 3.8) is 0 Å². The number of pyridine rings is 1. The van der Waals surface area contributed by atoms with Gasteiger partial charge in [-0.05, 0) is 93.8 Å². The second kappa shape index (κ2) is 12.5. The molecule has 3 aliphatic rings. The molecule has 3 aromatic heterocycles. The van der Waals surface area contributed by atoms with Crippen LogP contribution in [0.3, 0.4) is 0 Å². The Kier molecular flexibility index (Phi) is 8.08. The zero-order valence-electron chi connectivity index (χ0n) is 28.5. The lowest BCUT2D eigenvalue weighted by Crippen LogP contribution is -2.51. The minimum absolute atomic E-state index is 0.0112. The van der Waals surface area contributed by atoms with E-state index in [1.165, 1.54) is 6.07 Å². The third kappa shape index (κ3) is 5.31. The standard InChI is InChI=1S/C38H41F2N7O3/c1-20-29-13-9-22-17-31(46(35(22)43-29)14-6-4-5-7-25-26(37(48)42-20)11-12-27(39)33(25)40)36-44-30-16-23(18-32(50-3)34(30)45(36)2)38(49)47-19-28(41)21-8-10-24(47)15-21/h9,11-13,16-18,20-21,24,28H,4-8,10,14-15,19,41H2,1-3H3,(H,42,48)/t20-,21-,24+,28+/m1/s1. The largest absolute Gasteiger partial charge is 0.494 e. The number of nitrogens with two attached hydrogens (primary N) is 1. The molecular formula is C38H41F2N7O3. The number of amides is 2. The number of likely N-dealkylation sites (tertiary alicyclic amines) is 1. The summed E-state index contributed by atoms with van der Waals surface area (Å²) >= 11 is 0. The molecule has 0 unspecified atom stereocenters. The predicted octanol–water partition coefficient (Wildman–Crippen LogP) is 6.05. The Morgan fingerprint density at radius 3 is 2.72 bits per heavy atom. The van der Waals surface area contributed by atoms with Crippen LogP contribution < -0.4 is 15.8 Å². The van der Waals surface area contributed by atoms with Gasteiger partial charge in [0, 0.05) is 54.3 Å². The summed E-state index contributed by atoms with van der Waals surface area (Å²) in [5, 5.41) is 3.86. The fourth-order valence-electron chi connectivity index (χ4n) is 8.36. The molecule has 2 aliphatic heterocycles. The Bertz CT molecular complexity index is 2180. The van der Waals surface area contributed by atoms with Crippen molar-refractivity contribution in [2.45, 2.75) is 76.5 Å². The van der Waals surface area contributed by atoms with E-state index in [0.717, 1.165) is 60.4 Å². The Morgan fingerprint density at radius 1 is 1.06 bits per heavy atom. The zero-order valence-corrected chi connectivity index (χ0v) is 28.5. The first kappa shape index (κ1) is 32.4. The molecule has 2 amide bonds. The third-order valence-corrected chi connectivity index (χ3v) is 11.1. The van der Waals surface area contributed by atoms with Gasteiger partial charge in [0.15, 0.2) is 17.5 Å². The summed E-state index contributed by atoms with van der Waals surface area (Å²) in [7, 11) is 3.54. The van der Waals surface area contributed by atoms with E-state index in [1.807, 2.05) is 41.6 Å². The molecule has 1 aliphatic carbocycles. The van der Waals surface area contributed by atoms with E-state index in [4.69, 9.17) is 20.4 Å². The number of ether oxygens (including phenoxy) is 1. The molecule has 0 radical (unpaired) electrons. The molecule has 10 nitrogen and oxygen atoms in total. The molecule has 12 heteroatoms. The number of carbonyl (C=O) groups is 2. The predicted molar refractivity (Wildman–Crippen MR) is 186 cm³/mol. The van der Waals surface area contributed by atoms with Crippen molar-refractivity contribution in [1.82, 2.24) is 29.3 Å². The number of hydrogen-bond acceptors (Lipinski definition) is 6. The normalized spacial score (nSPS) is 22.5. The number of rotatable bonds is 3. The average Bonchev–Trinajstić information content (AvgIpc) is 3.80. The number of imidazole rings is 1. The minimum Gasteiger partial charge on any atom is -0.494 e. The van der Waals surface area contributed by atoms with Gasteiger partial charge in [0.2, 0.25) is 0 Å². The first-order valence-corrected chi connectivity index (χ1v) is 17.5. The molecule has 1 saturated heterocycles. The van der Waals surface area contributed by atoms with Gasteiger partial charge in [0.05, 0.1) is 30.1 Å². The Hall–Kier alpha value is -4.84. The highest BCUT2D eigenvalue weighted by Gasteiger charge is 2.41. The van der Waals surface area contributed by atoms with Crippen LogP contribution in [0.15, 0.2) is 42.5 Å². The van der Waals surface area contributed by atoms with E-state index in [-0.39, 0.29) is 35.5 Å². The molecule has 3 N–H and O–H groups in total. The van der Waals surface area contributed by atoms with E-state index in [2.05, 4.69) is 16.0 Å². The number of fused-ring (bicyclic) bond motifs is 5. The van der Waals surface area contributed by atoms with Crippen LogP contribution in [0.1, 0.15) is 83.5 Å². The highest BCUT2D eigenvalue weighted by Crippen LogP contribution is 2.39. The lowest BCUT2D eigenvalue weighted by molar-refractivity contribution is 0.0603. The lowest BCUT2D eigenvalue weighted by Gasteiger charge is -2.37. The third-order valence-electron chi connectivity index (χ3n) is 11.1. The number of hydrogen-bond donors (Lipinski definition) is 2. The summed E-state index contributed by atoms with van der Waals surface area (Å²) in [4.78, 5) is 39.3. The van der Waals surface area contributed by atoms with Crippen molar-refractivity contribution >= 4 is 33.9 Å². The summed E-state index contributed by atoms with van der Waals surface area (Å²) in [5.41, 5.74) is 10.9. The van der Waals surface area contributed by atoms with Gasteiger partial charge >= 0.3 is 0 Å². The Labute approximate surface area is 288 Å². The van der Waals surface area contributed by atoms with E-state index in [9.17, 15) is 18.4 Å². The van der Waals surface area contributed by atoms with Crippen LogP contribution in [0.5, 0.6) is 5.75 Å². The smallest absolute Gasteiger partial charge is 0.254 e. The molecule has 4 bridgehead atoms. The fraction of sp³-hybridized carbons (Fsp3) is 0.421. The van der Waals surface area contributed by atoms with Gasteiger partial charge in [-0.25, -0.2) is 18.7 Å². The maximum Gasteiger partial charge on any atom is 0.254 e. The lowest BCUT2D eigenvalue weighted by atomic mass is 9.94. The summed E-state index contributed by atoms with van der Waals surface area (Å²) < 4.78 is 39.1. The van der Waals surface area contributed by atoms with Crippen LogP contribution in [0, 0.1) is 17.6 Å². The topological polar surface area (TPSA) is 120 Å². The van der Waals surface area contributed by atoms with E-state index in [1.54, 1.807) is 13.2 Å². The highest BCUT2D eigenvalue weighted by atomic mass is 19.2. The first-order chi connectivity index (χ1) is 24.1. The molecule has 5 heterocycles. The molecule has 2 aromatic carbocycles. The molecule has 2 fully saturated rings. The van der Waals surface area contributed by atoms with Gasteiger partial charge in [-0.2, -0.15) is 0 Å². The Balaban J connectivity index is 1.19. The van der Waals surface area contributed by atoms with Gasteiger partial charge < -0.3 is 29.8 Å². The molecule has 8 rings (SSSR count). The van der Waals surface area contributed by atoms with Gasteiger partial charge in [-0.15, -0.1) is 0 Å². The van der Waals surface area contributed by atoms with Crippen LogP contribution >= 0.6 is 0 Å². The van der Waals surface area contributed by atoms with Gasteiger partial charge in [0.1, 0.15) is 16.9 Å². The van der Waals surface area contributed by atoms with Crippen LogP contribution in [-0.2, 0) is 20.0 Å². The van der Waals surface area contributed by atoms with Gasteiger partial charge in [-0.3, -0.25) is 9.59 Å². The summed E-state index contributed by atoms with van der Waals surface area (Å²) in [6, 6.07) is 11.6. The van der Waals surface area contributed by atoms with Crippen molar-refractivity contribution in [2.75, 3.05) is 13.7 Å². The molecule has 260 valence electrons. The van der Waals surface area contributed by atoms with Crippen molar-refractivity contribution < 1.29 is 23.1 Å². The monoisotopic (exact) mass is 681 g/mol. The summed E-state index contributed by atoms with van der Waals surface area (Å²) in [6.45, 7) is 2.98. The SMILES string of the molecule is COc1cc(C(=O)N2C[C@H](N)[C@@H]3CC[C@H]2C3)cc2nc(-c3cc4ccc5nc4n3CCCCCc3c(ccc(F)c3F)C(=O)N[C@@H]5C)n(C)c12. The summed E-state index contributed by atoms with van der Waals surface area (Å²) in [5.74, 6) is -0.718. The maximum atomic E-state index is 14.9. The highest BCUT2D eigenvalue weighted by molar-refractivity contribution is 6.00. The molecule has 1 saturated carbocycles. The maximum absolute atomic E-state index is 14.9. The zero-order chi connectivity index (χ0) is 34.8. The van der Waals surface area contributed by atoms with Crippen LogP contribution in [0.2, 0.25) is 0 Å². The second-order valence-corrected chi connectivity index (χ2v) is 14.1. The van der Waals surface area contributed by atoms with Crippen molar-refractivity contribution in [3.8, 4) is 17.3 Å². The van der Waals surface area contributed by atoms with Gasteiger partial charge in [-0.1, -0.05) is 6.42 Å². The van der Waals surface area contributed by atoms with Crippen LogP contribution in [0.4, 0.5) is 8.78 Å². The number of nitrogens with one attached hydrogen (secondary N) is 1. The van der Waals surface area contributed by atoms with E-state index >= 15 is 0 Å². The number of nitrogens with zero attached hydrogens (tertiary/aromatic N) is 5. The number of aryl methyl sites for hydroxylation is 2. The molecule has 4 atom stereocenters. The number of methoxy groups -OCH3 is 1. The Morgan fingerprint density at radius 2 is 1.90 bits per heavy atom. The fourth-order valence-corrected chi connectivity index (χ4v) is 8.36. The number of benzene rings is 2. The molecule has 0 spiro atoms. The van der Waals surface area contributed by atoms with Crippen molar-refractivity contribution in [2.24, 2.45) is 18.7 Å². The second-order valence-electron chi connectivity index (χ2n) is 14.1. The first-order valence-electron chi connectivity index (χ1n) is 17.5. The van der Waals surface area contributed by atoms with Crippen LogP contribution in [0.25, 0.3) is 33.6 Å². The van der Waals surface area contributed by atoms with Crippen LogP contribution in [-0.4, -0.2) is 61.6 Å². The molecule has 50 heavy (non-hydrogen) atoms. The summed E-state index contributed by atoms with van der Waals surface area (Å²) in [6.07, 6.45) is 5.27. The number of piperidine rings is 1. The quantitative estimate of drug-likeness (QED) is 0.240. The molecule has 5 aromatic rings. The minimum atomic E-state index is -0.972. The van der Waals surface area contributed by atoms with Gasteiger partial charge in [0.25, 0.3) is 11.8 Å². The van der Waals surface area contributed by atoms with Crippen molar-refractivity contribution in [1.29, 1.82) is 0 Å². The molecular weight excluding hydrogens is 640 g/mol. The average molecular weight is 682 g/mol. The number of halogens is 2. The van der Waals surface area contributed by atoms with Crippen molar-refractivity contribution in [3.05, 3.63) is 76.5 Å². The van der Waals surface area contributed by atoms with E-state index in [0.29, 0.717) is 53.8 Å². The number of aromatic nitrogens is 4. The van der Waals surface area contributed by atoms with E-state index < -0.39 is 23.6 Å². The number of carbonyl (C=O) groups excluding carboxylic acids is 2.